The summed E-state index contributed by atoms with van der Waals surface area (Å²) in [5.74, 6) is 0.759. The average Bonchev–Trinajstić information content (AvgIpc) is 2.58. The first kappa shape index (κ1) is 12.5. The molecule has 0 bridgehead atoms. The number of nitrogens with zero attached hydrogens (tertiary/aromatic N) is 1. The highest BCUT2D eigenvalue weighted by Gasteiger charge is 2.01. The van der Waals surface area contributed by atoms with Crippen LogP contribution in [0.4, 0.5) is 0 Å². The molecule has 0 fully saturated rings. The largest absolute Gasteiger partial charge is 0.306 e. The van der Waals surface area contributed by atoms with E-state index in [2.05, 4.69) is 40.0 Å². The Morgan fingerprint density at radius 1 is 1.43 bits per heavy atom. The normalized spacial score (nSPS) is 11.1. The summed E-state index contributed by atoms with van der Waals surface area (Å²) in [6, 6.07) is 4.29. The molecule has 1 aromatic heterocycles. The van der Waals surface area contributed by atoms with Crippen molar-refractivity contribution in [2.75, 3.05) is 26.0 Å². The van der Waals surface area contributed by atoms with Crippen molar-refractivity contribution < 1.29 is 0 Å². The first-order valence-corrected chi connectivity index (χ1v) is 6.85. The third-order valence-electron chi connectivity index (χ3n) is 2.04. The van der Waals surface area contributed by atoms with Crippen LogP contribution in [0.1, 0.15) is 11.3 Å². The molecule has 0 saturated heterocycles. The number of hydrogen-bond donors (Lipinski definition) is 0. The van der Waals surface area contributed by atoms with Crippen LogP contribution in [0.25, 0.3) is 0 Å². The highest BCUT2D eigenvalue weighted by Crippen LogP contribution is 2.22. The summed E-state index contributed by atoms with van der Waals surface area (Å²) in [4.78, 5) is 3.77. The molecule has 0 atom stereocenters. The van der Waals surface area contributed by atoms with Gasteiger partial charge in [-0.25, -0.2) is 0 Å². The number of likely N-dealkylation sites (N-methyl/N-ethyl adjacent to an activating group) is 1. The third kappa shape index (κ3) is 4.78. The molecule has 0 saturated carbocycles. The molecule has 1 aromatic rings. The van der Waals surface area contributed by atoms with Crippen LogP contribution in [0.3, 0.4) is 0 Å². The zero-order valence-electron chi connectivity index (χ0n) is 8.30. The highest BCUT2D eigenvalue weighted by atomic mass is 79.9. The van der Waals surface area contributed by atoms with Crippen molar-refractivity contribution in [3.05, 3.63) is 20.8 Å². The first-order chi connectivity index (χ1) is 6.72. The minimum Gasteiger partial charge on any atom is -0.306 e. The Hall–Kier alpha value is 0.430. The van der Waals surface area contributed by atoms with Crippen LogP contribution >= 0.6 is 38.9 Å². The van der Waals surface area contributed by atoms with Gasteiger partial charge in [0.05, 0.1) is 3.79 Å². The fourth-order valence-electron chi connectivity index (χ4n) is 1.23. The van der Waals surface area contributed by atoms with Crippen molar-refractivity contribution in [3.63, 3.8) is 0 Å². The second kappa shape index (κ2) is 6.83. The van der Waals surface area contributed by atoms with E-state index in [1.165, 1.54) is 8.66 Å². The molecule has 14 heavy (non-hydrogen) atoms. The first-order valence-electron chi connectivity index (χ1n) is 4.71. The smallest absolute Gasteiger partial charge is 0.0701 e. The van der Waals surface area contributed by atoms with Crippen LogP contribution in [0.15, 0.2) is 15.9 Å². The van der Waals surface area contributed by atoms with Crippen molar-refractivity contribution >= 4 is 38.9 Å². The van der Waals surface area contributed by atoms with Crippen molar-refractivity contribution in [1.82, 2.24) is 4.90 Å². The molecule has 0 unspecified atom stereocenters. The fraction of sp³-hybridized carbons (Fsp3) is 0.600. The van der Waals surface area contributed by atoms with Gasteiger partial charge in [-0.3, -0.25) is 0 Å². The van der Waals surface area contributed by atoms with Crippen LogP contribution in [0.2, 0.25) is 0 Å². The van der Waals surface area contributed by atoms with Crippen LogP contribution in [0, 0.1) is 0 Å². The van der Waals surface area contributed by atoms with Crippen molar-refractivity contribution in [2.45, 2.75) is 12.8 Å². The van der Waals surface area contributed by atoms with Crippen LogP contribution in [-0.4, -0.2) is 30.9 Å². The summed E-state index contributed by atoms with van der Waals surface area (Å²) in [6.45, 7) is 2.21. The van der Waals surface area contributed by atoms with E-state index in [4.69, 9.17) is 11.6 Å². The summed E-state index contributed by atoms with van der Waals surface area (Å²) in [6.07, 6.45) is 2.21. The van der Waals surface area contributed by atoms with Gasteiger partial charge in [-0.15, -0.1) is 22.9 Å². The number of rotatable bonds is 6. The lowest BCUT2D eigenvalue weighted by atomic mass is 10.3. The lowest BCUT2D eigenvalue weighted by molar-refractivity contribution is 0.341. The van der Waals surface area contributed by atoms with Gasteiger partial charge in [0.1, 0.15) is 0 Å². The molecule has 1 nitrogen and oxygen atoms in total. The van der Waals surface area contributed by atoms with Crippen molar-refractivity contribution in [3.8, 4) is 0 Å². The molecule has 1 rings (SSSR count). The Labute approximate surface area is 103 Å². The van der Waals surface area contributed by atoms with E-state index in [1.807, 2.05) is 11.3 Å². The van der Waals surface area contributed by atoms with Gasteiger partial charge in [0, 0.05) is 17.3 Å². The molecule has 4 heteroatoms. The van der Waals surface area contributed by atoms with Crippen molar-refractivity contribution in [2.24, 2.45) is 0 Å². The Morgan fingerprint density at radius 2 is 2.21 bits per heavy atom. The average molecular weight is 297 g/mol. The van der Waals surface area contributed by atoms with E-state index in [9.17, 15) is 0 Å². The van der Waals surface area contributed by atoms with Crippen LogP contribution in [0.5, 0.6) is 0 Å². The SMILES string of the molecule is CN(CCCCl)CCc1ccc(Br)s1. The van der Waals surface area contributed by atoms with Gasteiger partial charge in [-0.2, -0.15) is 0 Å². The molecule has 0 aliphatic rings. The standard InChI is InChI=1S/C10H15BrClNS/c1-13(7-2-6-12)8-5-9-3-4-10(11)14-9/h3-4H,2,5-8H2,1H3. The lowest BCUT2D eigenvalue weighted by Crippen LogP contribution is -2.22. The number of thiophene rings is 1. The Bertz CT molecular complexity index is 264. The predicted octanol–water partition coefficient (Wildman–Crippen LogP) is 3.61. The van der Waals surface area contributed by atoms with Crippen LogP contribution < -0.4 is 0 Å². The van der Waals surface area contributed by atoms with E-state index in [1.54, 1.807) is 0 Å². The maximum absolute atomic E-state index is 5.64. The molecule has 0 amide bonds. The van der Waals surface area contributed by atoms with E-state index in [-0.39, 0.29) is 0 Å². The third-order valence-corrected chi connectivity index (χ3v) is 3.99. The van der Waals surface area contributed by atoms with Crippen LogP contribution in [-0.2, 0) is 6.42 Å². The Balaban J connectivity index is 2.20. The summed E-state index contributed by atoms with van der Waals surface area (Å²) in [5.41, 5.74) is 0. The maximum Gasteiger partial charge on any atom is 0.0701 e. The lowest BCUT2D eigenvalue weighted by Gasteiger charge is -2.14. The molecule has 0 radical (unpaired) electrons. The maximum atomic E-state index is 5.64. The van der Waals surface area contributed by atoms with E-state index in [0.717, 1.165) is 31.8 Å². The monoisotopic (exact) mass is 295 g/mol. The summed E-state index contributed by atoms with van der Waals surface area (Å²) < 4.78 is 1.22. The zero-order chi connectivity index (χ0) is 10.4. The van der Waals surface area contributed by atoms with Gasteiger partial charge in [0.2, 0.25) is 0 Å². The summed E-state index contributed by atoms with van der Waals surface area (Å²) in [7, 11) is 2.15. The summed E-state index contributed by atoms with van der Waals surface area (Å²) in [5, 5.41) is 0. The quantitative estimate of drug-likeness (QED) is 0.725. The second-order valence-electron chi connectivity index (χ2n) is 3.30. The second-order valence-corrected chi connectivity index (χ2v) is 6.23. The predicted molar refractivity (Wildman–Crippen MR) is 68.6 cm³/mol. The molecule has 0 aliphatic heterocycles. The highest BCUT2D eigenvalue weighted by molar-refractivity contribution is 9.11. The van der Waals surface area contributed by atoms with E-state index < -0.39 is 0 Å². The Kier molecular flexibility index (Phi) is 6.10. The molecule has 0 aliphatic carbocycles. The molecule has 80 valence electrons. The zero-order valence-corrected chi connectivity index (χ0v) is 11.5. The molecule has 1 heterocycles. The van der Waals surface area contributed by atoms with Gasteiger partial charge < -0.3 is 4.90 Å². The summed E-state index contributed by atoms with van der Waals surface area (Å²) >= 11 is 10.9. The van der Waals surface area contributed by atoms with Gasteiger partial charge in [-0.05, 0) is 54.5 Å². The minimum absolute atomic E-state index is 0.759. The Morgan fingerprint density at radius 3 is 2.79 bits per heavy atom. The van der Waals surface area contributed by atoms with Gasteiger partial charge in [0.25, 0.3) is 0 Å². The topological polar surface area (TPSA) is 3.24 Å². The van der Waals surface area contributed by atoms with Crippen molar-refractivity contribution in [1.29, 1.82) is 0 Å². The number of halogens is 2. The minimum atomic E-state index is 0.759. The molecular formula is C10H15BrClNS. The molecule has 0 spiro atoms. The van der Waals surface area contributed by atoms with E-state index >= 15 is 0 Å². The molecular weight excluding hydrogens is 282 g/mol. The molecule has 0 N–H and O–H groups in total. The number of alkyl halides is 1. The van der Waals surface area contributed by atoms with Gasteiger partial charge in [-0.1, -0.05) is 0 Å². The fourth-order valence-corrected chi connectivity index (χ4v) is 2.82. The number of hydrogen-bond acceptors (Lipinski definition) is 2. The molecule has 0 aromatic carbocycles. The van der Waals surface area contributed by atoms with Gasteiger partial charge in [0.15, 0.2) is 0 Å². The van der Waals surface area contributed by atoms with E-state index in [0.29, 0.717) is 0 Å². The van der Waals surface area contributed by atoms with Gasteiger partial charge >= 0.3 is 0 Å².